The third-order valence-corrected chi connectivity index (χ3v) is 8.41. The van der Waals surface area contributed by atoms with Crippen LogP contribution in [-0.2, 0) is 19.6 Å². The zero-order chi connectivity index (χ0) is 15.6. The van der Waals surface area contributed by atoms with E-state index in [4.69, 9.17) is 0 Å². The normalized spacial score (nSPS) is 40.0. The number of amides is 1. The van der Waals surface area contributed by atoms with Crippen molar-refractivity contribution in [3.05, 3.63) is 0 Å². The van der Waals surface area contributed by atoms with E-state index in [1.807, 2.05) is 0 Å². The standard InChI is InChI=1S/C15H23NO4S/c1-10(5-7-17)13(18)16-12-8-11-4-6-15(12,14(11,2)3)9-21(16,19)20/h7,10-12H,4-6,8-9H2,1-3H3/t10-,11+,12+,15?/m0/s1. The van der Waals surface area contributed by atoms with Gasteiger partial charge in [0.25, 0.3) is 0 Å². The molecular weight excluding hydrogens is 290 g/mol. The fourth-order valence-electron chi connectivity index (χ4n) is 5.04. The lowest BCUT2D eigenvalue weighted by Crippen LogP contribution is -2.45. The zero-order valence-electron chi connectivity index (χ0n) is 12.8. The molecule has 0 radical (unpaired) electrons. The maximum absolute atomic E-state index is 12.6. The molecule has 1 spiro atoms. The third kappa shape index (κ3) is 1.71. The first-order valence-corrected chi connectivity index (χ1v) is 9.28. The molecule has 2 bridgehead atoms. The maximum Gasteiger partial charge on any atom is 0.239 e. The van der Waals surface area contributed by atoms with Gasteiger partial charge in [0.1, 0.15) is 6.29 Å². The molecule has 3 fully saturated rings. The molecule has 1 unspecified atom stereocenters. The molecule has 3 aliphatic rings. The Kier molecular flexibility index (Phi) is 3.08. The zero-order valence-corrected chi connectivity index (χ0v) is 13.6. The lowest BCUT2D eigenvalue weighted by Gasteiger charge is -2.37. The smallest absolute Gasteiger partial charge is 0.239 e. The van der Waals surface area contributed by atoms with E-state index in [9.17, 15) is 18.0 Å². The maximum atomic E-state index is 12.6. The Bertz CT molecular complexity index is 597. The van der Waals surface area contributed by atoms with E-state index in [-0.39, 0.29) is 29.0 Å². The van der Waals surface area contributed by atoms with E-state index in [0.717, 1.165) is 23.6 Å². The van der Waals surface area contributed by atoms with Crippen molar-refractivity contribution in [2.75, 3.05) is 5.75 Å². The summed E-state index contributed by atoms with van der Waals surface area (Å²) in [5.74, 6) is -0.370. The molecule has 0 aromatic rings. The Morgan fingerprint density at radius 3 is 2.67 bits per heavy atom. The summed E-state index contributed by atoms with van der Waals surface area (Å²) < 4.78 is 26.4. The highest BCUT2D eigenvalue weighted by Gasteiger charge is 2.72. The Hall–Kier alpha value is -0.910. The highest BCUT2D eigenvalue weighted by Crippen LogP contribution is 2.70. The van der Waals surface area contributed by atoms with Crippen LogP contribution in [0.1, 0.15) is 46.5 Å². The predicted molar refractivity (Wildman–Crippen MR) is 77.8 cm³/mol. The van der Waals surface area contributed by atoms with Crippen LogP contribution in [0.3, 0.4) is 0 Å². The van der Waals surface area contributed by atoms with Crippen LogP contribution in [0, 0.1) is 22.7 Å². The number of fused-ring (bicyclic) bond motifs is 1. The molecule has 21 heavy (non-hydrogen) atoms. The number of rotatable bonds is 3. The summed E-state index contributed by atoms with van der Waals surface area (Å²) in [6, 6.07) is -0.196. The van der Waals surface area contributed by atoms with Crippen LogP contribution in [0.4, 0.5) is 0 Å². The number of hydrogen-bond donors (Lipinski definition) is 0. The number of aldehydes is 1. The van der Waals surface area contributed by atoms with Gasteiger partial charge in [-0.25, -0.2) is 12.7 Å². The van der Waals surface area contributed by atoms with Gasteiger partial charge in [-0.2, -0.15) is 0 Å². The van der Waals surface area contributed by atoms with Gasteiger partial charge in [-0.15, -0.1) is 0 Å². The number of carbonyl (C=O) groups is 2. The second kappa shape index (κ2) is 4.31. The van der Waals surface area contributed by atoms with Crippen LogP contribution in [0.25, 0.3) is 0 Å². The van der Waals surface area contributed by atoms with Crippen LogP contribution < -0.4 is 0 Å². The van der Waals surface area contributed by atoms with Gasteiger partial charge in [-0.05, 0) is 30.6 Å². The fourth-order valence-corrected chi connectivity index (χ4v) is 7.67. The van der Waals surface area contributed by atoms with Gasteiger partial charge in [-0.3, -0.25) is 4.79 Å². The summed E-state index contributed by atoms with van der Waals surface area (Å²) >= 11 is 0. The molecule has 0 N–H and O–H groups in total. The van der Waals surface area contributed by atoms with E-state index >= 15 is 0 Å². The minimum atomic E-state index is -3.56. The van der Waals surface area contributed by atoms with Gasteiger partial charge >= 0.3 is 0 Å². The molecule has 0 aromatic carbocycles. The molecular formula is C15H23NO4S. The SMILES string of the molecule is C[C@@H](CC=O)C(=O)N1[C@@H]2C[C@H]3CCC2(CS1(=O)=O)C3(C)C. The molecule has 2 aliphatic carbocycles. The fraction of sp³-hybridized carbons (Fsp3) is 0.867. The molecule has 2 saturated carbocycles. The number of hydrogen-bond acceptors (Lipinski definition) is 4. The lowest BCUT2D eigenvalue weighted by molar-refractivity contribution is -0.134. The Balaban J connectivity index is 2.00. The number of sulfonamides is 1. The highest BCUT2D eigenvalue weighted by molar-refractivity contribution is 7.90. The molecule has 1 saturated heterocycles. The molecule has 5 nitrogen and oxygen atoms in total. The van der Waals surface area contributed by atoms with Crippen molar-refractivity contribution in [2.45, 2.75) is 52.5 Å². The molecule has 6 heteroatoms. The summed E-state index contributed by atoms with van der Waals surface area (Å²) in [6.45, 7) is 5.95. The van der Waals surface area contributed by atoms with Gasteiger partial charge in [-0.1, -0.05) is 20.8 Å². The molecule has 4 atom stereocenters. The van der Waals surface area contributed by atoms with Crippen LogP contribution in [0.15, 0.2) is 0 Å². The topological polar surface area (TPSA) is 71.5 Å². The average molecular weight is 313 g/mol. The Morgan fingerprint density at radius 2 is 2.10 bits per heavy atom. The van der Waals surface area contributed by atoms with Gasteiger partial charge < -0.3 is 4.79 Å². The predicted octanol–water partition coefficient (Wildman–Crippen LogP) is 1.58. The van der Waals surface area contributed by atoms with Crippen molar-refractivity contribution >= 4 is 22.2 Å². The van der Waals surface area contributed by atoms with Gasteiger partial charge in [0, 0.05) is 17.8 Å². The second-order valence-electron chi connectivity index (χ2n) is 7.56. The molecule has 1 heterocycles. The van der Waals surface area contributed by atoms with Crippen molar-refractivity contribution in [2.24, 2.45) is 22.7 Å². The highest BCUT2D eigenvalue weighted by atomic mass is 32.2. The first-order valence-electron chi connectivity index (χ1n) is 7.67. The van der Waals surface area contributed by atoms with E-state index < -0.39 is 21.8 Å². The largest absolute Gasteiger partial charge is 0.303 e. The van der Waals surface area contributed by atoms with Crippen molar-refractivity contribution in [3.8, 4) is 0 Å². The summed E-state index contributed by atoms with van der Waals surface area (Å²) in [5, 5.41) is 0. The van der Waals surface area contributed by atoms with E-state index in [1.165, 1.54) is 0 Å². The van der Waals surface area contributed by atoms with Gasteiger partial charge in [0.2, 0.25) is 15.9 Å². The minimum absolute atomic E-state index is 0.0341. The number of carbonyl (C=O) groups excluding carboxylic acids is 2. The Labute approximate surface area is 126 Å². The summed E-state index contributed by atoms with van der Waals surface area (Å²) in [7, 11) is -3.56. The van der Waals surface area contributed by atoms with Crippen LogP contribution in [-0.4, -0.2) is 36.7 Å². The molecule has 3 rings (SSSR count). The van der Waals surface area contributed by atoms with E-state index in [0.29, 0.717) is 12.2 Å². The summed E-state index contributed by atoms with van der Waals surface area (Å²) in [5.41, 5.74) is -0.319. The van der Waals surface area contributed by atoms with Gasteiger partial charge in [0.05, 0.1) is 11.8 Å². The first kappa shape index (κ1) is 15.0. The van der Waals surface area contributed by atoms with Crippen molar-refractivity contribution in [1.82, 2.24) is 4.31 Å². The van der Waals surface area contributed by atoms with E-state index in [1.54, 1.807) is 6.92 Å². The molecule has 1 aliphatic heterocycles. The monoisotopic (exact) mass is 313 g/mol. The minimum Gasteiger partial charge on any atom is -0.303 e. The molecule has 118 valence electrons. The average Bonchev–Trinajstić information content (AvgIpc) is 2.85. The van der Waals surface area contributed by atoms with Crippen LogP contribution in [0.5, 0.6) is 0 Å². The first-order chi connectivity index (χ1) is 9.67. The van der Waals surface area contributed by atoms with Crippen molar-refractivity contribution in [1.29, 1.82) is 0 Å². The summed E-state index contributed by atoms with van der Waals surface area (Å²) in [6.07, 6.45) is 3.50. The molecule has 1 amide bonds. The van der Waals surface area contributed by atoms with Crippen LogP contribution >= 0.6 is 0 Å². The number of nitrogens with zero attached hydrogens (tertiary/aromatic N) is 1. The van der Waals surface area contributed by atoms with Crippen molar-refractivity contribution in [3.63, 3.8) is 0 Å². The van der Waals surface area contributed by atoms with Crippen LogP contribution in [0.2, 0.25) is 0 Å². The van der Waals surface area contributed by atoms with Gasteiger partial charge in [0.15, 0.2) is 0 Å². The van der Waals surface area contributed by atoms with Crippen molar-refractivity contribution < 1.29 is 18.0 Å². The third-order valence-electron chi connectivity index (χ3n) is 6.50. The Morgan fingerprint density at radius 1 is 1.43 bits per heavy atom. The lowest BCUT2D eigenvalue weighted by atomic mass is 9.69. The quantitative estimate of drug-likeness (QED) is 0.742. The second-order valence-corrected chi connectivity index (χ2v) is 9.40. The molecule has 0 aromatic heterocycles. The van der Waals surface area contributed by atoms with E-state index in [2.05, 4.69) is 13.8 Å². The summed E-state index contributed by atoms with van der Waals surface area (Å²) in [4.78, 5) is 23.2.